The zero-order chi connectivity index (χ0) is 33.8. The Morgan fingerprint density at radius 1 is 1.40 bits per heavy atom. The minimum Gasteiger partial charge on any atom is -0.497 e. The van der Waals surface area contributed by atoms with Crippen molar-refractivity contribution in [3.63, 3.8) is 0 Å². The topological polar surface area (TPSA) is 32.7 Å². The molecule has 0 heterocycles. The summed E-state index contributed by atoms with van der Waals surface area (Å²) in [5.41, 5.74) is -6.28. The maximum Gasteiger partial charge on any atom is 0.118 e. The SMILES string of the molecule is [2H]c1c([2H])c(C(C([2H])([2H])N(C([2H])([2H])[2H])C([2H])([2H])[2H])C2(O)C([2H])([2H])C([2H])([2H])C([2H])([2H])C([2H])([2H])C2([2H])[2H])c([2H])c([2H])c1OC. The summed E-state index contributed by atoms with van der Waals surface area (Å²) in [4.78, 5) is -0.938. The molecule has 0 bridgehead atoms. The van der Waals surface area contributed by atoms with Crippen molar-refractivity contribution in [2.75, 3.05) is 27.6 Å². The highest BCUT2D eigenvalue weighted by molar-refractivity contribution is 5.31. The summed E-state index contributed by atoms with van der Waals surface area (Å²) in [7, 11) is 0.892. The molecule has 112 valence electrons. The van der Waals surface area contributed by atoms with Crippen molar-refractivity contribution in [1.82, 2.24) is 4.90 Å². The van der Waals surface area contributed by atoms with Gasteiger partial charge in [0.1, 0.15) is 5.75 Å². The fourth-order valence-corrected chi connectivity index (χ4v) is 1.51. The second kappa shape index (κ2) is 6.59. The van der Waals surface area contributed by atoms with Crippen LogP contribution in [0.4, 0.5) is 0 Å². The highest BCUT2D eigenvalue weighted by atomic mass is 16.5. The summed E-state index contributed by atoms with van der Waals surface area (Å²) < 4.78 is 184. The molecule has 0 saturated heterocycles. The first-order chi connectivity index (χ1) is 18.2. The van der Waals surface area contributed by atoms with Crippen LogP contribution in [0.2, 0.25) is 0 Å². The van der Waals surface area contributed by atoms with Gasteiger partial charge >= 0.3 is 0 Å². The lowest BCUT2D eigenvalue weighted by atomic mass is 9.72. The molecular formula is C17H27NO2. The van der Waals surface area contributed by atoms with E-state index in [4.69, 9.17) is 34.9 Å². The minimum absolute atomic E-state index is 0.819. The lowest BCUT2D eigenvalue weighted by Gasteiger charge is -2.40. The fourth-order valence-electron chi connectivity index (χ4n) is 1.51. The van der Waals surface area contributed by atoms with Crippen molar-refractivity contribution < 1.29 is 40.0 Å². The van der Waals surface area contributed by atoms with Crippen LogP contribution in [0.3, 0.4) is 0 Å². The largest absolute Gasteiger partial charge is 0.497 e. The molecule has 1 atom stereocenters. The smallest absolute Gasteiger partial charge is 0.118 e. The standard InChI is InChI=1S/C17H27NO2/c1-18(2)13-16(17(19)11-5-4-6-12-17)14-7-9-15(20-3)10-8-14/h7-10,16,19H,4-6,11-13H2,1-3H3/i1D3,2D3,4D2,5D2,6D2,7D,8D,9D,10D,11D2,12D2,13D2. The number of ether oxygens (including phenoxy) is 1. The van der Waals surface area contributed by atoms with Crippen LogP contribution in [-0.4, -0.2) is 43.2 Å². The van der Waals surface area contributed by atoms with Crippen LogP contribution in [-0.2, 0) is 0 Å². The molecule has 3 heteroatoms. The van der Waals surface area contributed by atoms with E-state index in [1.165, 1.54) is 0 Å². The molecule has 1 aromatic rings. The second-order valence-electron chi connectivity index (χ2n) is 3.74. The van der Waals surface area contributed by atoms with Gasteiger partial charge in [0.05, 0.1) is 18.2 Å². The first-order valence-electron chi connectivity index (χ1n) is 16.4. The van der Waals surface area contributed by atoms with Crippen molar-refractivity contribution in [3.8, 4) is 5.75 Å². The van der Waals surface area contributed by atoms with Gasteiger partial charge in [-0.1, -0.05) is 31.2 Å². The maximum absolute atomic E-state index is 12.1. The number of nitrogens with zero attached hydrogens (tertiary/aromatic N) is 1. The predicted molar refractivity (Wildman–Crippen MR) is 82.3 cm³/mol. The van der Waals surface area contributed by atoms with Gasteiger partial charge in [0.25, 0.3) is 0 Å². The summed E-state index contributed by atoms with van der Waals surface area (Å²) >= 11 is 0. The molecule has 1 aliphatic rings. The van der Waals surface area contributed by atoms with Crippen LogP contribution in [0.1, 0.15) is 73.5 Å². The molecule has 1 saturated carbocycles. The minimum atomic E-state index is -4.71. The Kier molecular flexibility index (Phi) is 1.14. The number of benzene rings is 1. The van der Waals surface area contributed by atoms with E-state index in [9.17, 15) is 5.11 Å². The van der Waals surface area contributed by atoms with E-state index in [0.29, 0.717) is 0 Å². The molecule has 0 aromatic heterocycles. The van der Waals surface area contributed by atoms with Crippen LogP contribution in [0.5, 0.6) is 5.75 Å². The average molecular weight is 300 g/mol. The summed E-state index contributed by atoms with van der Waals surface area (Å²) in [5.74, 6) is -4.43. The number of methoxy groups -OCH3 is 1. The van der Waals surface area contributed by atoms with Crippen LogP contribution < -0.4 is 4.74 Å². The number of rotatable bonds is 5. The van der Waals surface area contributed by atoms with Gasteiger partial charge in [-0.15, -0.1) is 0 Å². The molecule has 20 heavy (non-hydrogen) atoms. The predicted octanol–water partition coefficient (Wildman–Crippen LogP) is 3.04. The summed E-state index contributed by atoms with van der Waals surface area (Å²) in [6.07, 6.45) is -21.8. The van der Waals surface area contributed by atoms with Crippen molar-refractivity contribution in [2.24, 2.45) is 0 Å². The molecule has 3 nitrogen and oxygen atoms in total. The van der Waals surface area contributed by atoms with Crippen LogP contribution >= 0.6 is 0 Å². The van der Waals surface area contributed by atoms with E-state index in [1.54, 1.807) is 0 Å². The molecular weight excluding hydrogens is 250 g/mol. The van der Waals surface area contributed by atoms with Gasteiger partial charge in [-0.05, 0) is 44.3 Å². The fraction of sp³-hybridized carbons (Fsp3) is 0.647. The molecule has 1 fully saturated rings. The summed E-state index contributed by atoms with van der Waals surface area (Å²) in [5, 5.41) is 12.1. The molecule has 1 aromatic carbocycles. The van der Waals surface area contributed by atoms with Crippen molar-refractivity contribution in [3.05, 3.63) is 29.7 Å². The van der Waals surface area contributed by atoms with Crippen LogP contribution in [0.25, 0.3) is 0 Å². The maximum atomic E-state index is 12.1. The summed E-state index contributed by atoms with van der Waals surface area (Å²) in [6, 6.07) is -5.23. The van der Waals surface area contributed by atoms with Crippen LogP contribution in [0, 0.1) is 0 Å². The Bertz CT molecular complexity index is 1160. The van der Waals surface area contributed by atoms with E-state index < -0.39 is 104 Å². The Morgan fingerprint density at radius 2 is 2.05 bits per heavy atom. The Morgan fingerprint density at radius 3 is 2.60 bits per heavy atom. The third kappa shape index (κ3) is 3.53. The van der Waals surface area contributed by atoms with E-state index >= 15 is 0 Å². The lowest BCUT2D eigenvalue weighted by molar-refractivity contribution is -0.0277. The van der Waals surface area contributed by atoms with Gasteiger partial charge in [-0.3, -0.25) is 0 Å². The first-order valence-corrected chi connectivity index (χ1v) is 5.37. The second-order valence-corrected chi connectivity index (χ2v) is 3.74. The van der Waals surface area contributed by atoms with E-state index in [2.05, 4.69) is 0 Å². The zero-order valence-electron chi connectivity index (χ0n) is 32.4. The number of hydrogen-bond acceptors (Lipinski definition) is 3. The molecule has 0 amide bonds. The van der Waals surface area contributed by atoms with Gasteiger partial charge in [-0.25, -0.2) is 0 Å². The molecule has 2 rings (SSSR count). The van der Waals surface area contributed by atoms with Crippen molar-refractivity contribution >= 4 is 0 Å². The quantitative estimate of drug-likeness (QED) is 0.907. The normalized spacial score (nSPS) is 50.5. The molecule has 1 N–H and O–H groups in total. The van der Waals surface area contributed by atoms with Crippen molar-refractivity contribution in [2.45, 2.75) is 43.4 Å². The zero-order valence-corrected chi connectivity index (χ0v) is 10.4. The third-order valence-corrected chi connectivity index (χ3v) is 2.42. The van der Waals surface area contributed by atoms with Gasteiger partial charge < -0.3 is 14.7 Å². The van der Waals surface area contributed by atoms with Crippen molar-refractivity contribution in [1.29, 1.82) is 0 Å². The van der Waals surface area contributed by atoms with E-state index in [0.717, 1.165) is 7.11 Å². The molecule has 1 unspecified atom stereocenters. The van der Waals surface area contributed by atoms with Crippen LogP contribution in [0.15, 0.2) is 24.2 Å². The van der Waals surface area contributed by atoms with E-state index in [-0.39, 0.29) is 0 Å². The Labute approximate surface area is 153 Å². The van der Waals surface area contributed by atoms with Gasteiger partial charge in [0.2, 0.25) is 0 Å². The van der Waals surface area contributed by atoms with E-state index in [1.807, 2.05) is 0 Å². The van der Waals surface area contributed by atoms with Gasteiger partial charge in [0, 0.05) is 37.1 Å². The lowest BCUT2D eigenvalue weighted by Crippen LogP contribution is -2.42. The summed E-state index contributed by atoms with van der Waals surface area (Å²) in [6.45, 7) is -12.5. The first kappa shape index (κ1) is 3.47. The average Bonchev–Trinajstić information content (AvgIpc) is 2.76. The monoisotopic (exact) mass is 299 g/mol. The van der Waals surface area contributed by atoms with Gasteiger partial charge in [-0.2, -0.15) is 0 Å². The molecule has 1 aliphatic carbocycles. The Hall–Kier alpha value is -1.06. The number of aliphatic hydroxyl groups is 1. The molecule has 0 radical (unpaired) electrons. The van der Waals surface area contributed by atoms with Gasteiger partial charge in [0.15, 0.2) is 0 Å². The number of likely N-dealkylation sites (N-methyl/N-ethyl adjacent to an activating group) is 1. The Balaban J connectivity index is 3.43. The third-order valence-electron chi connectivity index (χ3n) is 2.42. The molecule has 0 aliphatic heterocycles. The molecule has 0 spiro atoms. The highest BCUT2D eigenvalue weighted by Gasteiger charge is 2.38. The highest BCUT2D eigenvalue weighted by Crippen LogP contribution is 2.40. The number of hydrogen-bond donors (Lipinski definition) is 1.